The summed E-state index contributed by atoms with van der Waals surface area (Å²) in [7, 11) is 0. The van der Waals surface area contributed by atoms with Crippen LogP contribution in [0.3, 0.4) is 0 Å². The molecule has 2 N–H and O–H groups in total. The van der Waals surface area contributed by atoms with Crippen LogP contribution in [0.4, 0.5) is 0 Å². The number of hydrogen-bond donors (Lipinski definition) is 1. The molecule has 0 aromatic rings. The Morgan fingerprint density at radius 1 is 1.57 bits per heavy atom. The summed E-state index contributed by atoms with van der Waals surface area (Å²) >= 11 is 0. The predicted octanol–water partition coefficient (Wildman–Crippen LogP) is 1.52. The minimum absolute atomic E-state index is 0.340. The largest absolute Gasteiger partial charge is 0.340 e. The number of nitrogens with zero attached hydrogens (tertiary/aromatic N) is 1. The molecular formula is C11H22N2O. The van der Waals surface area contributed by atoms with Crippen molar-refractivity contribution < 1.29 is 4.79 Å². The van der Waals surface area contributed by atoms with Crippen LogP contribution in [-0.2, 0) is 4.79 Å². The molecular weight excluding hydrogens is 176 g/mol. The molecule has 1 amide bonds. The van der Waals surface area contributed by atoms with Gasteiger partial charge < -0.3 is 10.6 Å². The van der Waals surface area contributed by atoms with E-state index in [4.69, 9.17) is 5.73 Å². The second-order valence-corrected chi connectivity index (χ2v) is 4.06. The van der Waals surface area contributed by atoms with Crippen LogP contribution in [0, 0.1) is 0 Å². The molecule has 0 radical (unpaired) electrons. The number of nitrogens with two attached hydrogens (primary N) is 1. The minimum atomic E-state index is 0.340. The molecule has 14 heavy (non-hydrogen) atoms. The Bertz CT molecular complexity index is 182. The van der Waals surface area contributed by atoms with E-state index in [2.05, 4.69) is 11.8 Å². The van der Waals surface area contributed by atoms with Crippen molar-refractivity contribution in [3.05, 3.63) is 0 Å². The van der Waals surface area contributed by atoms with E-state index in [-0.39, 0.29) is 0 Å². The van der Waals surface area contributed by atoms with Gasteiger partial charge in [-0.1, -0.05) is 6.92 Å². The third-order valence-electron chi connectivity index (χ3n) is 2.90. The van der Waals surface area contributed by atoms with Crippen molar-refractivity contribution in [1.82, 2.24) is 4.90 Å². The average molecular weight is 198 g/mol. The SMILES string of the molecule is CCCC(=O)N1CCCC1CCCN. The van der Waals surface area contributed by atoms with Gasteiger partial charge in [0.05, 0.1) is 0 Å². The van der Waals surface area contributed by atoms with E-state index in [0.29, 0.717) is 18.4 Å². The van der Waals surface area contributed by atoms with Crippen molar-refractivity contribution in [3.63, 3.8) is 0 Å². The average Bonchev–Trinajstić information content (AvgIpc) is 2.63. The highest BCUT2D eigenvalue weighted by molar-refractivity contribution is 5.76. The molecule has 0 spiro atoms. The highest BCUT2D eigenvalue weighted by Crippen LogP contribution is 2.22. The summed E-state index contributed by atoms with van der Waals surface area (Å²) in [6.45, 7) is 3.77. The molecule has 1 saturated heterocycles. The van der Waals surface area contributed by atoms with E-state index in [9.17, 15) is 4.79 Å². The Morgan fingerprint density at radius 2 is 2.36 bits per heavy atom. The lowest BCUT2D eigenvalue weighted by atomic mass is 10.1. The Morgan fingerprint density at radius 3 is 3.00 bits per heavy atom. The molecule has 0 aromatic carbocycles. The minimum Gasteiger partial charge on any atom is -0.340 e. The standard InChI is InChI=1S/C11H22N2O/c1-2-5-11(14)13-9-4-7-10(13)6-3-8-12/h10H,2-9,12H2,1H3. The Kier molecular flexibility index (Phi) is 4.94. The first-order chi connectivity index (χ1) is 6.79. The molecule has 0 aromatic heterocycles. The lowest BCUT2D eigenvalue weighted by Gasteiger charge is -2.24. The van der Waals surface area contributed by atoms with Crippen molar-refractivity contribution in [2.45, 2.75) is 51.5 Å². The van der Waals surface area contributed by atoms with Gasteiger partial charge in [-0.3, -0.25) is 4.79 Å². The second kappa shape index (κ2) is 6.02. The van der Waals surface area contributed by atoms with Crippen molar-refractivity contribution in [3.8, 4) is 0 Å². The van der Waals surface area contributed by atoms with Crippen LogP contribution in [0.2, 0.25) is 0 Å². The molecule has 0 saturated carbocycles. The third-order valence-corrected chi connectivity index (χ3v) is 2.90. The van der Waals surface area contributed by atoms with E-state index in [1.165, 1.54) is 12.8 Å². The maximum Gasteiger partial charge on any atom is 0.222 e. The van der Waals surface area contributed by atoms with Gasteiger partial charge in [-0.05, 0) is 38.6 Å². The van der Waals surface area contributed by atoms with E-state index in [1.54, 1.807) is 0 Å². The van der Waals surface area contributed by atoms with Crippen molar-refractivity contribution in [2.24, 2.45) is 5.73 Å². The maximum absolute atomic E-state index is 11.7. The van der Waals surface area contributed by atoms with Gasteiger partial charge >= 0.3 is 0 Å². The first kappa shape index (κ1) is 11.5. The third kappa shape index (κ3) is 2.98. The smallest absolute Gasteiger partial charge is 0.222 e. The van der Waals surface area contributed by atoms with Crippen LogP contribution >= 0.6 is 0 Å². The topological polar surface area (TPSA) is 46.3 Å². The molecule has 1 rings (SSSR count). The fourth-order valence-electron chi connectivity index (χ4n) is 2.18. The zero-order valence-electron chi connectivity index (χ0n) is 9.17. The van der Waals surface area contributed by atoms with Gasteiger partial charge in [-0.15, -0.1) is 0 Å². The molecule has 3 heteroatoms. The molecule has 82 valence electrons. The molecule has 1 aliphatic heterocycles. The number of likely N-dealkylation sites (tertiary alicyclic amines) is 1. The van der Waals surface area contributed by atoms with Crippen molar-refractivity contribution in [2.75, 3.05) is 13.1 Å². The number of rotatable bonds is 5. The van der Waals surface area contributed by atoms with Crippen molar-refractivity contribution in [1.29, 1.82) is 0 Å². The van der Waals surface area contributed by atoms with Crippen LogP contribution < -0.4 is 5.73 Å². The van der Waals surface area contributed by atoms with Gasteiger partial charge in [0, 0.05) is 19.0 Å². The molecule has 3 nitrogen and oxygen atoms in total. The van der Waals surface area contributed by atoms with Gasteiger partial charge in [0.1, 0.15) is 0 Å². The summed E-state index contributed by atoms with van der Waals surface area (Å²) < 4.78 is 0. The highest BCUT2D eigenvalue weighted by Gasteiger charge is 2.26. The lowest BCUT2D eigenvalue weighted by molar-refractivity contribution is -0.132. The normalized spacial score (nSPS) is 21.6. The second-order valence-electron chi connectivity index (χ2n) is 4.06. The molecule has 1 heterocycles. The van der Waals surface area contributed by atoms with E-state index < -0.39 is 0 Å². The lowest BCUT2D eigenvalue weighted by Crippen LogP contribution is -2.35. The van der Waals surface area contributed by atoms with Crippen LogP contribution in [0.5, 0.6) is 0 Å². The van der Waals surface area contributed by atoms with E-state index in [0.717, 1.165) is 32.4 Å². The number of hydrogen-bond acceptors (Lipinski definition) is 2. The van der Waals surface area contributed by atoms with Gasteiger partial charge in [0.15, 0.2) is 0 Å². The van der Waals surface area contributed by atoms with E-state index >= 15 is 0 Å². The summed E-state index contributed by atoms with van der Waals surface area (Å²) in [5, 5.41) is 0. The quantitative estimate of drug-likeness (QED) is 0.728. The fourth-order valence-corrected chi connectivity index (χ4v) is 2.18. The van der Waals surface area contributed by atoms with Crippen LogP contribution in [0.1, 0.15) is 45.4 Å². The van der Waals surface area contributed by atoms with E-state index in [1.807, 2.05) is 0 Å². The molecule has 0 aliphatic carbocycles. The van der Waals surface area contributed by atoms with Gasteiger partial charge in [0.2, 0.25) is 5.91 Å². The number of carbonyl (C=O) groups excluding carboxylic acids is 1. The molecule has 1 atom stereocenters. The summed E-state index contributed by atoms with van der Waals surface area (Å²) in [6.07, 6.45) is 6.14. The first-order valence-electron chi connectivity index (χ1n) is 5.79. The zero-order valence-corrected chi connectivity index (χ0v) is 9.17. The number of carbonyl (C=O) groups is 1. The van der Waals surface area contributed by atoms with Gasteiger partial charge in [-0.25, -0.2) is 0 Å². The zero-order chi connectivity index (χ0) is 10.4. The maximum atomic E-state index is 11.7. The predicted molar refractivity (Wildman–Crippen MR) is 57.9 cm³/mol. The van der Waals surface area contributed by atoms with Crippen molar-refractivity contribution >= 4 is 5.91 Å². The monoisotopic (exact) mass is 198 g/mol. The summed E-state index contributed by atoms with van der Waals surface area (Å²) in [6, 6.07) is 0.484. The number of amides is 1. The Labute approximate surface area is 86.6 Å². The molecule has 0 bridgehead atoms. The highest BCUT2D eigenvalue weighted by atomic mass is 16.2. The first-order valence-corrected chi connectivity index (χ1v) is 5.79. The van der Waals surface area contributed by atoms with Gasteiger partial charge in [0.25, 0.3) is 0 Å². The summed E-state index contributed by atoms with van der Waals surface area (Å²) in [4.78, 5) is 13.8. The Balaban J connectivity index is 2.38. The summed E-state index contributed by atoms with van der Waals surface area (Å²) in [5.74, 6) is 0.340. The molecule has 1 aliphatic rings. The summed E-state index contributed by atoms with van der Waals surface area (Å²) in [5.41, 5.74) is 5.48. The fraction of sp³-hybridized carbons (Fsp3) is 0.909. The van der Waals surface area contributed by atoms with Crippen LogP contribution in [0.15, 0.2) is 0 Å². The molecule has 1 unspecified atom stereocenters. The van der Waals surface area contributed by atoms with Gasteiger partial charge in [-0.2, -0.15) is 0 Å². The van der Waals surface area contributed by atoms with Crippen LogP contribution in [-0.4, -0.2) is 29.9 Å². The van der Waals surface area contributed by atoms with Crippen LogP contribution in [0.25, 0.3) is 0 Å². The molecule has 1 fully saturated rings. The Hall–Kier alpha value is -0.570.